The van der Waals surface area contributed by atoms with Crippen LogP contribution < -0.4 is 0 Å². The molecule has 0 atom stereocenters. The van der Waals surface area contributed by atoms with Crippen molar-refractivity contribution in [2.45, 2.75) is 0 Å². The third-order valence-electron chi connectivity index (χ3n) is 10.8. The highest BCUT2D eigenvalue weighted by Gasteiger charge is 2.24. The minimum atomic E-state index is 0.559. The van der Waals surface area contributed by atoms with Crippen LogP contribution >= 0.6 is 0 Å². The summed E-state index contributed by atoms with van der Waals surface area (Å²) in [6.45, 7) is 0. The van der Waals surface area contributed by atoms with Crippen LogP contribution in [0, 0.1) is 0 Å². The van der Waals surface area contributed by atoms with Gasteiger partial charge >= 0.3 is 0 Å². The number of rotatable bonds is 6. The molecule has 0 aliphatic rings. The predicted octanol–water partition coefficient (Wildman–Crippen LogP) is 12.7. The van der Waals surface area contributed by atoms with Crippen molar-refractivity contribution in [3.05, 3.63) is 200 Å². The first-order valence-electron chi connectivity index (χ1n) is 18.9. The summed E-state index contributed by atoms with van der Waals surface area (Å²) in [6.07, 6.45) is 0. The first-order chi connectivity index (χ1) is 27.8. The molecule has 5 heteroatoms. The Labute approximate surface area is 323 Å². The van der Waals surface area contributed by atoms with Crippen LogP contribution in [0.1, 0.15) is 0 Å². The van der Waals surface area contributed by atoms with Crippen LogP contribution in [0.3, 0.4) is 0 Å². The van der Waals surface area contributed by atoms with E-state index in [0.29, 0.717) is 17.6 Å². The lowest BCUT2D eigenvalue weighted by molar-refractivity contribution is 0.953. The summed E-state index contributed by atoms with van der Waals surface area (Å²) >= 11 is 0. The number of hydrogen-bond acceptors (Lipinski definition) is 3. The largest absolute Gasteiger partial charge is 0.307 e. The fourth-order valence-electron chi connectivity index (χ4n) is 8.26. The lowest BCUT2D eigenvalue weighted by Gasteiger charge is -2.14. The molecule has 0 radical (unpaired) electrons. The number of benzene rings is 8. The summed E-state index contributed by atoms with van der Waals surface area (Å²) in [7, 11) is 0. The third-order valence-corrected chi connectivity index (χ3v) is 10.8. The molecular formula is C51H33N5. The van der Waals surface area contributed by atoms with Gasteiger partial charge in [0.15, 0.2) is 11.6 Å². The summed E-state index contributed by atoms with van der Waals surface area (Å²) in [5.41, 5.74) is 11.7. The van der Waals surface area contributed by atoms with Crippen LogP contribution in [-0.4, -0.2) is 24.1 Å². The molecule has 0 aliphatic heterocycles. The summed E-state index contributed by atoms with van der Waals surface area (Å²) < 4.78 is 4.64. The SMILES string of the molecule is c1ccc(-c2ccc(-c3nc(-c4ccccc4-c4ccccc4)nc(-n4c5ccccc5c5ccc6c7ccccc7n(-c7ccccc7)c6c54)n3)cc2)cc1. The maximum Gasteiger partial charge on any atom is 0.238 e. The second kappa shape index (κ2) is 13.0. The Hall–Kier alpha value is -7.63. The molecule has 0 aliphatic carbocycles. The average molecular weight is 716 g/mol. The smallest absolute Gasteiger partial charge is 0.238 e. The van der Waals surface area contributed by atoms with Crippen molar-refractivity contribution in [2.24, 2.45) is 0 Å². The van der Waals surface area contributed by atoms with Crippen molar-refractivity contribution in [1.82, 2.24) is 24.1 Å². The van der Waals surface area contributed by atoms with Gasteiger partial charge in [-0.05, 0) is 46.5 Å². The molecule has 11 aromatic rings. The fraction of sp³-hybridized carbons (Fsp3) is 0. The lowest BCUT2D eigenvalue weighted by atomic mass is 9.99. The molecule has 0 fully saturated rings. The zero-order chi connectivity index (χ0) is 37.0. The maximum atomic E-state index is 5.42. The van der Waals surface area contributed by atoms with Crippen molar-refractivity contribution in [2.75, 3.05) is 0 Å². The van der Waals surface area contributed by atoms with E-state index in [0.717, 1.165) is 71.9 Å². The van der Waals surface area contributed by atoms with Crippen LogP contribution in [0.15, 0.2) is 200 Å². The Kier molecular flexibility index (Phi) is 7.42. The molecule has 0 unspecified atom stereocenters. The maximum absolute atomic E-state index is 5.42. The molecule has 0 spiro atoms. The van der Waals surface area contributed by atoms with Crippen molar-refractivity contribution in [3.63, 3.8) is 0 Å². The summed E-state index contributed by atoms with van der Waals surface area (Å²) in [5, 5.41) is 4.63. The summed E-state index contributed by atoms with van der Waals surface area (Å²) in [4.78, 5) is 16.0. The van der Waals surface area contributed by atoms with Gasteiger partial charge in [0.1, 0.15) is 0 Å². The van der Waals surface area contributed by atoms with Gasteiger partial charge < -0.3 is 4.57 Å². The molecule has 3 aromatic heterocycles. The van der Waals surface area contributed by atoms with Gasteiger partial charge in [0, 0.05) is 38.4 Å². The Morgan fingerprint density at radius 1 is 0.286 bits per heavy atom. The van der Waals surface area contributed by atoms with Crippen molar-refractivity contribution < 1.29 is 0 Å². The van der Waals surface area contributed by atoms with Crippen LogP contribution in [0.5, 0.6) is 0 Å². The van der Waals surface area contributed by atoms with E-state index in [1.54, 1.807) is 0 Å². The van der Waals surface area contributed by atoms with E-state index in [4.69, 9.17) is 15.0 Å². The monoisotopic (exact) mass is 715 g/mol. The van der Waals surface area contributed by atoms with E-state index in [2.05, 4.69) is 197 Å². The molecule has 56 heavy (non-hydrogen) atoms. The van der Waals surface area contributed by atoms with E-state index in [1.165, 1.54) is 10.8 Å². The molecular weight excluding hydrogens is 683 g/mol. The molecule has 0 saturated heterocycles. The minimum Gasteiger partial charge on any atom is -0.307 e. The van der Waals surface area contributed by atoms with Crippen LogP contribution in [0.4, 0.5) is 0 Å². The molecule has 0 saturated carbocycles. The topological polar surface area (TPSA) is 48.5 Å². The molecule has 11 rings (SSSR count). The molecule has 0 N–H and O–H groups in total. The van der Waals surface area contributed by atoms with Crippen molar-refractivity contribution in [1.29, 1.82) is 0 Å². The lowest BCUT2D eigenvalue weighted by Crippen LogP contribution is -2.07. The summed E-state index contributed by atoms with van der Waals surface area (Å²) in [5.74, 6) is 1.77. The number of aromatic nitrogens is 5. The Balaban J connectivity index is 1.24. The number of fused-ring (bicyclic) bond motifs is 7. The zero-order valence-electron chi connectivity index (χ0n) is 30.3. The van der Waals surface area contributed by atoms with Gasteiger partial charge in [-0.3, -0.25) is 4.57 Å². The van der Waals surface area contributed by atoms with Gasteiger partial charge in [0.2, 0.25) is 5.95 Å². The second-order valence-electron chi connectivity index (χ2n) is 14.0. The Bertz CT molecular complexity index is 3220. The van der Waals surface area contributed by atoms with E-state index < -0.39 is 0 Å². The van der Waals surface area contributed by atoms with Crippen LogP contribution in [-0.2, 0) is 0 Å². The molecule has 3 heterocycles. The Morgan fingerprint density at radius 3 is 1.41 bits per heavy atom. The third kappa shape index (κ3) is 5.13. The normalized spacial score (nSPS) is 11.6. The standard InChI is InChI=1S/C51H33N5/c1-4-16-34(17-5-1)35-28-30-37(31-29-35)49-52-50(44-25-11-10-22-39(44)36-18-6-2-7-19-36)54-51(53-49)56-46-27-15-13-24-41(46)43-33-32-42-40-23-12-14-26-45(40)55(47(42)48(43)56)38-20-8-3-9-21-38/h1-33H. The first kappa shape index (κ1) is 31.9. The number of hydrogen-bond donors (Lipinski definition) is 0. The van der Waals surface area contributed by atoms with Crippen LogP contribution in [0.25, 0.3) is 100 Å². The highest BCUT2D eigenvalue weighted by molar-refractivity contribution is 6.23. The van der Waals surface area contributed by atoms with Gasteiger partial charge in [-0.2, -0.15) is 9.97 Å². The quantitative estimate of drug-likeness (QED) is 0.172. The number of nitrogens with zero attached hydrogens (tertiary/aromatic N) is 5. The molecule has 0 bridgehead atoms. The minimum absolute atomic E-state index is 0.559. The highest BCUT2D eigenvalue weighted by atomic mass is 15.2. The molecule has 0 amide bonds. The predicted molar refractivity (Wildman–Crippen MR) is 230 cm³/mol. The zero-order valence-corrected chi connectivity index (χ0v) is 30.3. The van der Waals surface area contributed by atoms with E-state index >= 15 is 0 Å². The molecule has 262 valence electrons. The van der Waals surface area contributed by atoms with Crippen molar-refractivity contribution in [3.8, 4) is 56.7 Å². The average Bonchev–Trinajstić information content (AvgIpc) is 3.80. The van der Waals surface area contributed by atoms with E-state index in [-0.39, 0.29) is 0 Å². The van der Waals surface area contributed by atoms with Crippen molar-refractivity contribution >= 4 is 43.6 Å². The molecule has 8 aromatic carbocycles. The van der Waals surface area contributed by atoms with E-state index in [1.807, 2.05) is 12.1 Å². The van der Waals surface area contributed by atoms with Crippen LogP contribution in [0.2, 0.25) is 0 Å². The second-order valence-corrected chi connectivity index (χ2v) is 14.0. The van der Waals surface area contributed by atoms with E-state index in [9.17, 15) is 0 Å². The number of para-hydroxylation sites is 3. The van der Waals surface area contributed by atoms with Gasteiger partial charge in [0.05, 0.1) is 22.1 Å². The van der Waals surface area contributed by atoms with Gasteiger partial charge in [0.25, 0.3) is 0 Å². The first-order valence-corrected chi connectivity index (χ1v) is 18.9. The van der Waals surface area contributed by atoms with Gasteiger partial charge in [-0.15, -0.1) is 0 Å². The molecule has 5 nitrogen and oxygen atoms in total. The van der Waals surface area contributed by atoms with Gasteiger partial charge in [-0.25, -0.2) is 4.98 Å². The fourth-order valence-corrected chi connectivity index (χ4v) is 8.26. The summed E-state index contributed by atoms with van der Waals surface area (Å²) in [6, 6.07) is 70.2. The highest BCUT2D eigenvalue weighted by Crippen LogP contribution is 2.42. The van der Waals surface area contributed by atoms with Gasteiger partial charge in [-0.1, -0.05) is 176 Å². The Morgan fingerprint density at radius 2 is 0.750 bits per heavy atom.